The Hall–Kier alpha value is -1.94. The molecule has 22 heavy (non-hydrogen) atoms. The van der Waals surface area contributed by atoms with Gasteiger partial charge in [-0.15, -0.1) is 0 Å². The lowest BCUT2D eigenvalue weighted by molar-refractivity contribution is 0.0664. The molecule has 1 amide bonds. The Kier molecular flexibility index (Phi) is 3.34. The van der Waals surface area contributed by atoms with Crippen molar-refractivity contribution in [2.45, 2.75) is 25.8 Å². The van der Waals surface area contributed by atoms with E-state index in [4.69, 9.17) is 0 Å². The minimum absolute atomic E-state index is 0.159. The number of amides is 1. The van der Waals surface area contributed by atoms with Gasteiger partial charge in [-0.3, -0.25) is 9.78 Å². The number of para-hydroxylation sites is 1. The highest BCUT2D eigenvalue weighted by atomic mass is 16.2. The Morgan fingerprint density at radius 1 is 1.32 bits per heavy atom. The molecule has 1 aromatic heterocycles. The number of aromatic nitrogens is 1. The quantitative estimate of drug-likeness (QED) is 0.878. The normalized spacial score (nSPS) is 24.5. The molecule has 0 spiro atoms. The van der Waals surface area contributed by atoms with Gasteiger partial charge >= 0.3 is 0 Å². The summed E-state index contributed by atoms with van der Waals surface area (Å²) in [6.45, 7) is 4.78. The van der Waals surface area contributed by atoms with E-state index in [1.807, 2.05) is 42.2 Å². The molecule has 4 heteroatoms. The molecule has 2 atom stereocenters. The van der Waals surface area contributed by atoms with Gasteiger partial charge in [-0.1, -0.05) is 18.2 Å². The van der Waals surface area contributed by atoms with Gasteiger partial charge in [-0.05, 0) is 44.4 Å². The first-order valence-corrected chi connectivity index (χ1v) is 8.11. The van der Waals surface area contributed by atoms with Crippen molar-refractivity contribution in [2.75, 3.05) is 19.6 Å². The predicted octanol–water partition coefficient (Wildman–Crippen LogP) is 2.37. The number of benzene rings is 1. The number of rotatable bonds is 1. The standard InChI is InChI=1S/C18H21N3O/c1-12-10-15(14-4-2-3-5-17(14)20-12)18(22)21-9-7-16-13(11-21)6-8-19-16/h2-5,10,13,16,19H,6-9,11H2,1H3. The van der Waals surface area contributed by atoms with Crippen molar-refractivity contribution in [1.29, 1.82) is 0 Å². The van der Waals surface area contributed by atoms with Crippen molar-refractivity contribution < 1.29 is 4.79 Å². The second-order valence-corrected chi connectivity index (χ2v) is 6.48. The number of carbonyl (C=O) groups excluding carboxylic acids is 1. The zero-order valence-electron chi connectivity index (χ0n) is 12.9. The molecule has 114 valence electrons. The molecule has 0 saturated carbocycles. The molecule has 2 unspecified atom stereocenters. The molecule has 4 nitrogen and oxygen atoms in total. The second-order valence-electron chi connectivity index (χ2n) is 6.48. The maximum atomic E-state index is 13.0. The van der Waals surface area contributed by atoms with E-state index >= 15 is 0 Å². The highest BCUT2D eigenvalue weighted by Crippen LogP contribution is 2.27. The number of nitrogens with zero attached hydrogens (tertiary/aromatic N) is 2. The van der Waals surface area contributed by atoms with Crippen LogP contribution in [0.1, 0.15) is 28.9 Å². The third-order valence-electron chi connectivity index (χ3n) is 5.02. The number of hydrogen-bond donors (Lipinski definition) is 1. The zero-order valence-corrected chi connectivity index (χ0v) is 12.9. The first-order valence-electron chi connectivity index (χ1n) is 8.11. The van der Waals surface area contributed by atoms with E-state index in [0.29, 0.717) is 12.0 Å². The number of piperidine rings is 1. The number of nitrogens with one attached hydrogen (secondary N) is 1. The van der Waals surface area contributed by atoms with E-state index < -0.39 is 0 Å². The molecule has 0 aliphatic carbocycles. The lowest BCUT2D eigenvalue weighted by Crippen LogP contribution is -2.46. The van der Waals surface area contributed by atoms with Crippen LogP contribution in [-0.2, 0) is 0 Å². The first kappa shape index (κ1) is 13.7. The van der Waals surface area contributed by atoms with Crippen LogP contribution in [0, 0.1) is 12.8 Å². The van der Waals surface area contributed by atoms with Crippen LogP contribution >= 0.6 is 0 Å². The van der Waals surface area contributed by atoms with Crippen molar-refractivity contribution in [3.05, 3.63) is 41.6 Å². The van der Waals surface area contributed by atoms with Gasteiger partial charge in [0.05, 0.1) is 11.1 Å². The number of aryl methyl sites for hydroxylation is 1. The van der Waals surface area contributed by atoms with Crippen LogP contribution in [0.4, 0.5) is 0 Å². The van der Waals surface area contributed by atoms with Gasteiger partial charge in [0.1, 0.15) is 0 Å². The number of carbonyl (C=O) groups is 1. The molecule has 1 N–H and O–H groups in total. The number of hydrogen-bond acceptors (Lipinski definition) is 3. The number of pyridine rings is 1. The van der Waals surface area contributed by atoms with Crippen LogP contribution < -0.4 is 5.32 Å². The van der Waals surface area contributed by atoms with E-state index in [1.54, 1.807) is 0 Å². The Bertz CT molecular complexity index is 727. The minimum atomic E-state index is 0.159. The molecule has 2 aliphatic heterocycles. The van der Waals surface area contributed by atoms with E-state index in [0.717, 1.165) is 48.2 Å². The van der Waals surface area contributed by atoms with Crippen LogP contribution in [0.15, 0.2) is 30.3 Å². The highest BCUT2D eigenvalue weighted by Gasteiger charge is 2.34. The van der Waals surface area contributed by atoms with Crippen molar-refractivity contribution in [3.63, 3.8) is 0 Å². The van der Waals surface area contributed by atoms with Crippen LogP contribution in [0.3, 0.4) is 0 Å². The van der Waals surface area contributed by atoms with Crippen molar-refractivity contribution >= 4 is 16.8 Å². The van der Waals surface area contributed by atoms with Gasteiger partial charge in [0.2, 0.25) is 0 Å². The molecule has 2 aliphatic rings. The number of likely N-dealkylation sites (tertiary alicyclic amines) is 1. The Morgan fingerprint density at radius 2 is 2.18 bits per heavy atom. The zero-order chi connectivity index (χ0) is 15.1. The molecule has 2 aromatic rings. The Morgan fingerprint density at radius 3 is 3.09 bits per heavy atom. The van der Waals surface area contributed by atoms with E-state index in [1.165, 1.54) is 6.42 Å². The van der Waals surface area contributed by atoms with Gasteiger partial charge in [0.25, 0.3) is 5.91 Å². The largest absolute Gasteiger partial charge is 0.338 e. The fourth-order valence-electron chi connectivity index (χ4n) is 3.89. The molecule has 0 radical (unpaired) electrons. The van der Waals surface area contributed by atoms with Gasteiger partial charge in [-0.25, -0.2) is 0 Å². The highest BCUT2D eigenvalue weighted by molar-refractivity contribution is 6.06. The topological polar surface area (TPSA) is 45.2 Å². The minimum Gasteiger partial charge on any atom is -0.338 e. The summed E-state index contributed by atoms with van der Waals surface area (Å²) in [5.74, 6) is 0.777. The van der Waals surface area contributed by atoms with Gasteiger partial charge in [-0.2, -0.15) is 0 Å². The summed E-state index contributed by atoms with van der Waals surface area (Å²) < 4.78 is 0. The summed E-state index contributed by atoms with van der Waals surface area (Å²) in [4.78, 5) is 19.6. The van der Waals surface area contributed by atoms with Gasteiger partial charge in [0.15, 0.2) is 0 Å². The second kappa shape index (κ2) is 5.36. The molecule has 4 rings (SSSR count). The summed E-state index contributed by atoms with van der Waals surface area (Å²) in [6.07, 6.45) is 2.25. The van der Waals surface area contributed by atoms with E-state index in [-0.39, 0.29) is 5.91 Å². The predicted molar refractivity (Wildman–Crippen MR) is 86.9 cm³/mol. The lowest BCUT2D eigenvalue weighted by Gasteiger charge is -2.35. The summed E-state index contributed by atoms with van der Waals surface area (Å²) in [6, 6.07) is 10.5. The molecule has 1 aromatic carbocycles. The van der Waals surface area contributed by atoms with Crippen LogP contribution in [0.5, 0.6) is 0 Å². The molecule has 3 heterocycles. The maximum absolute atomic E-state index is 13.0. The Balaban J connectivity index is 1.68. The lowest BCUT2D eigenvalue weighted by atomic mass is 9.92. The van der Waals surface area contributed by atoms with Crippen LogP contribution in [0.2, 0.25) is 0 Å². The fourth-order valence-corrected chi connectivity index (χ4v) is 3.89. The molecular weight excluding hydrogens is 274 g/mol. The SMILES string of the molecule is Cc1cc(C(=O)N2CCC3NCCC3C2)c2ccccc2n1. The third-order valence-corrected chi connectivity index (χ3v) is 5.02. The monoisotopic (exact) mass is 295 g/mol. The van der Waals surface area contributed by atoms with E-state index in [2.05, 4.69) is 10.3 Å². The summed E-state index contributed by atoms with van der Waals surface area (Å²) in [5.41, 5.74) is 2.61. The van der Waals surface area contributed by atoms with Crippen molar-refractivity contribution in [2.24, 2.45) is 5.92 Å². The van der Waals surface area contributed by atoms with Gasteiger partial charge in [0, 0.05) is 30.2 Å². The van der Waals surface area contributed by atoms with Crippen molar-refractivity contribution in [1.82, 2.24) is 15.2 Å². The summed E-state index contributed by atoms with van der Waals surface area (Å²) >= 11 is 0. The summed E-state index contributed by atoms with van der Waals surface area (Å²) in [5, 5.41) is 4.51. The van der Waals surface area contributed by atoms with Gasteiger partial charge < -0.3 is 10.2 Å². The molecule has 2 fully saturated rings. The fraction of sp³-hybridized carbons (Fsp3) is 0.444. The molecular formula is C18H21N3O. The first-order chi connectivity index (χ1) is 10.7. The summed E-state index contributed by atoms with van der Waals surface area (Å²) in [7, 11) is 0. The average Bonchev–Trinajstić information content (AvgIpc) is 3.00. The molecule has 0 bridgehead atoms. The van der Waals surface area contributed by atoms with Crippen LogP contribution in [0.25, 0.3) is 10.9 Å². The average molecular weight is 295 g/mol. The van der Waals surface area contributed by atoms with E-state index in [9.17, 15) is 4.79 Å². The third kappa shape index (κ3) is 2.28. The molecule has 2 saturated heterocycles. The maximum Gasteiger partial charge on any atom is 0.254 e. The van der Waals surface area contributed by atoms with Crippen molar-refractivity contribution in [3.8, 4) is 0 Å². The smallest absolute Gasteiger partial charge is 0.254 e. The Labute approximate surface area is 130 Å². The van der Waals surface area contributed by atoms with Crippen LogP contribution in [-0.4, -0.2) is 41.5 Å². The number of fused-ring (bicyclic) bond motifs is 2.